The highest BCUT2D eigenvalue weighted by molar-refractivity contribution is 7.99. The SMILES string of the molecule is C/C(=N\OC(=O)c1ccc(Cl)cc1)c1ccc(Sc2ccccc2)cc1. The Bertz CT molecular complexity index is 907. The number of halogens is 1. The van der Waals surface area contributed by atoms with Gasteiger partial charge in [0, 0.05) is 14.8 Å². The lowest BCUT2D eigenvalue weighted by molar-refractivity contribution is 0.0516. The second-order valence-electron chi connectivity index (χ2n) is 5.50. The van der Waals surface area contributed by atoms with Crippen LogP contribution in [0.5, 0.6) is 0 Å². The first-order valence-corrected chi connectivity index (χ1v) is 9.16. The van der Waals surface area contributed by atoms with E-state index in [0.717, 1.165) is 10.5 Å². The van der Waals surface area contributed by atoms with Crippen molar-refractivity contribution in [3.8, 4) is 0 Å². The molecule has 0 unspecified atom stereocenters. The summed E-state index contributed by atoms with van der Waals surface area (Å²) in [7, 11) is 0. The van der Waals surface area contributed by atoms with Gasteiger partial charge in [-0.25, -0.2) is 4.79 Å². The van der Waals surface area contributed by atoms with Gasteiger partial charge in [-0.3, -0.25) is 0 Å². The van der Waals surface area contributed by atoms with Crippen molar-refractivity contribution in [2.45, 2.75) is 16.7 Å². The molecule has 5 heteroatoms. The molecule has 3 aromatic rings. The lowest BCUT2D eigenvalue weighted by atomic mass is 10.1. The maximum atomic E-state index is 12.0. The Balaban J connectivity index is 1.63. The van der Waals surface area contributed by atoms with E-state index in [1.54, 1.807) is 43.0 Å². The van der Waals surface area contributed by atoms with E-state index in [1.807, 2.05) is 42.5 Å². The Kier molecular flexibility index (Phi) is 6.10. The van der Waals surface area contributed by atoms with Gasteiger partial charge in [0.25, 0.3) is 0 Å². The van der Waals surface area contributed by atoms with Gasteiger partial charge in [0.1, 0.15) is 0 Å². The molecule has 3 aromatic carbocycles. The van der Waals surface area contributed by atoms with Gasteiger partial charge >= 0.3 is 5.97 Å². The van der Waals surface area contributed by atoms with Crippen molar-refractivity contribution in [2.75, 3.05) is 0 Å². The molecule has 0 spiro atoms. The molecule has 0 radical (unpaired) electrons. The molecule has 0 bridgehead atoms. The Morgan fingerprint density at radius 3 is 2.08 bits per heavy atom. The van der Waals surface area contributed by atoms with Crippen LogP contribution in [0.4, 0.5) is 0 Å². The van der Waals surface area contributed by atoms with Crippen LogP contribution in [-0.4, -0.2) is 11.7 Å². The molecule has 0 aliphatic heterocycles. The third-order valence-corrected chi connectivity index (χ3v) is 4.86. The number of carbonyl (C=O) groups excluding carboxylic acids is 1. The van der Waals surface area contributed by atoms with Crippen molar-refractivity contribution in [3.63, 3.8) is 0 Å². The third-order valence-electron chi connectivity index (χ3n) is 3.60. The van der Waals surface area contributed by atoms with Gasteiger partial charge in [0.05, 0.1) is 11.3 Å². The van der Waals surface area contributed by atoms with E-state index < -0.39 is 5.97 Å². The first-order valence-electron chi connectivity index (χ1n) is 7.97. The van der Waals surface area contributed by atoms with E-state index in [0.29, 0.717) is 16.3 Å². The van der Waals surface area contributed by atoms with E-state index in [9.17, 15) is 4.79 Å². The molecule has 0 amide bonds. The van der Waals surface area contributed by atoms with Crippen molar-refractivity contribution in [3.05, 3.63) is 95.0 Å². The summed E-state index contributed by atoms with van der Waals surface area (Å²) in [6, 6.07) is 24.6. The quantitative estimate of drug-likeness (QED) is 0.305. The summed E-state index contributed by atoms with van der Waals surface area (Å²) in [5, 5.41) is 4.50. The molecule has 0 saturated heterocycles. The number of benzene rings is 3. The van der Waals surface area contributed by atoms with Crippen LogP contribution < -0.4 is 0 Å². The van der Waals surface area contributed by atoms with E-state index in [2.05, 4.69) is 17.3 Å². The average Bonchev–Trinajstić information content (AvgIpc) is 2.68. The van der Waals surface area contributed by atoms with Crippen molar-refractivity contribution in [1.82, 2.24) is 0 Å². The maximum absolute atomic E-state index is 12.0. The topological polar surface area (TPSA) is 38.7 Å². The zero-order chi connectivity index (χ0) is 18.4. The second-order valence-corrected chi connectivity index (χ2v) is 7.09. The summed E-state index contributed by atoms with van der Waals surface area (Å²) >= 11 is 7.49. The molecular formula is C21H16ClNO2S. The van der Waals surface area contributed by atoms with Crippen LogP contribution in [0.1, 0.15) is 22.8 Å². The van der Waals surface area contributed by atoms with Crippen LogP contribution in [0.25, 0.3) is 0 Å². The molecule has 0 atom stereocenters. The summed E-state index contributed by atoms with van der Waals surface area (Å²) in [5.74, 6) is -0.516. The van der Waals surface area contributed by atoms with Gasteiger partial charge in [0.15, 0.2) is 0 Å². The van der Waals surface area contributed by atoms with Gasteiger partial charge in [0.2, 0.25) is 0 Å². The smallest absolute Gasteiger partial charge is 0.313 e. The minimum atomic E-state index is -0.516. The molecule has 0 saturated carbocycles. The number of hydrogen-bond acceptors (Lipinski definition) is 4. The minimum absolute atomic E-state index is 0.403. The van der Waals surface area contributed by atoms with E-state index in [-0.39, 0.29) is 0 Å². The molecule has 26 heavy (non-hydrogen) atoms. The zero-order valence-electron chi connectivity index (χ0n) is 14.1. The zero-order valence-corrected chi connectivity index (χ0v) is 15.6. The monoisotopic (exact) mass is 381 g/mol. The van der Waals surface area contributed by atoms with E-state index in [4.69, 9.17) is 16.4 Å². The number of hydrogen-bond donors (Lipinski definition) is 0. The van der Waals surface area contributed by atoms with Gasteiger partial charge < -0.3 is 4.84 Å². The lowest BCUT2D eigenvalue weighted by Gasteiger charge is -2.04. The number of carbonyl (C=O) groups is 1. The Morgan fingerprint density at radius 2 is 1.42 bits per heavy atom. The molecule has 3 rings (SSSR count). The van der Waals surface area contributed by atoms with Crippen LogP contribution in [0.3, 0.4) is 0 Å². The summed E-state index contributed by atoms with van der Waals surface area (Å²) in [5.41, 5.74) is 1.93. The molecular weight excluding hydrogens is 366 g/mol. The molecule has 0 aromatic heterocycles. The van der Waals surface area contributed by atoms with Crippen LogP contribution in [0, 0.1) is 0 Å². The fourth-order valence-electron chi connectivity index (χ4n) is 2.19. The minimum Gasteiger partial charge on any atom is -0.313 e. The Morgan fingerprint density at radius 1 is 0.846 bits per heavy atom. The first-order chi connectivity index (χ1) is 12.6. The van der Waals surface area contributed by atoms with E-state index in [1.165, 1.54) is 4.90 Å². The van der Waals surface area contributed by atoms with Crippen LogP contribution in [0.2, 0.25) is 5.02 Å². The highest BCUT2D eigenvalue weighted by Gasteiger charge is 2.07. The Labute approximate surface area is 161 Å². The molecule has 0 aliphatic rings. The fourth-order valence-corrected chi connectivity index (χ4v) is 3.15. The second kappa shape index (κ2) is 8.70. The van der Waals surface area contributed by atoms with Crippen LogP contribution in [0.15, 0.2) is 93.8 Å². The molecule has 0 heterocycles. The molecule has 3 nitrogen and oxygen atoms in total. The van der Waals surface area contributed by atoms with Gasteiger partial charge in [-0.2, -0.15) is 0 Å². The van der Waals surface area contributed by atoms with Crippen LogP contribution >= 0.6 is 23.4 Å². The first kappa shape index (κ1) is 18.2. The van der Waals surface area contributed by atoms with Crippen molar-refractivity contribution >= 4 is 35.0 Å². The van der Waals surface area contributed by atoms with Crippen molar-refractivity contribution in [2.24, 2.45) is 5.16 Å². The third kappa shape index (κ3) is 4.97. The molecule has 0 aliphatic carbocycles. The summed E-state index contributed by atoms with van der Waals surface area (Å²) in [4.78, 5) is 19.3. The molecule has 0 N–H and O–H groups in total. The predicted molar refractivity (Wildman–Crippen MR) is 106 cm³/mol. The van der Waals surface area contributed by atoms with Crippen LogP contribution in [-0.2, 0) is 4.84 Å². The fraction of sp³-hybridized carbons (Fsp3) is 0.0476. The summed E-state index contributed by atoms with van der Waals surface area (Å²) in [6.45, 7) is 1.80. The highest BCUT2D eigenvalue weighted by Crippen LogP contribution is 2.27. The normalized spacial score (nSPS) is 11.2. The Hall–Kier alpha value is -2.56. The van der Waals surface area contributed by atoms with E-state index >= 15 is 0 Å². The largest absolute Gasteiger partial charge is 0.365 e. The average molecular weight is 382 g/mol. The summed E-state index contributed by atoms with van der Waals surface area (Å²) in [6.07, 6.45) is 0. The maximum Gasteiger partial charge on any atom is 0.365 e. The standard InChI is InChI=1S/C21H16ClNO2S/c1-15(23-25-21(24)17-7-11-18(22)12-8-17)16-9-13-20(14-10-16)26-19-5-3-2-4-6-19/h2-14H,1H3/b23-15+. The van der Waals surface area contributed by atoms with Gasteiger partial charge in [-0.1, -0.05) is 58.9 Å². The highest BCUT2D eigenvalue weighted by atomic mass is 35.5. The number of rotatable bonds is 5. The predicted octanol–water partition coefficient (Wildman–Crippen LogP) is 6.07. The summed E-state index contributed by atoms with van der Waals surface area (Å²) < 4.78 is 0. The number of oxime groups is 1. The van der Waals surface area contributed by atoms with Crippen molar-refractivity contribution in [1.29, 1.82) is 0 Å². The van der Waals surface area contributed by atoms with Gasteiger partial charge in [-0.05, 0) is 61.0 Å². The van der Waals surface area contributed by atoms with Crippen molar-refractivity contribution < 1.29 is 9.63 Å². The number of nitrogens with zero attached hydrogens (tertiary/aromatic N) is 1. The molecule has 130 valence electrons. The molecule has 0 fully saturated rings. The van der Waals surface area contributed by atoms with Gasteiger partial charge in [-0.15, -0.1) is 0 Å². The lowest BCUT2D eigenvalue weighted by Crippen LogP contribution is -2.03.